The fourth-order valence-electron chi connectivity index (χ4n) is 1.31. The molecule has 0 bridgehead atoms. The van der Waals surface area contributed by atoms with Crippen molar-refractivity contribution in [3.8, 4) is 5.75 Å². The van der Waals surface area contributed by atoms with Gasteiger partial charge < -0.3 is 4.74 Å². The number of allylic oxidation sites excluding steroid dienone is 2. The molecule has 0 spiro atoms. The van der Waals surface area contributed by atoms with Gasteiger partial charge in [-0.2, -0.15) is 0 Å². The molecule has 1 aromatic rings. The van der Waals surface area contributed by atoms with Crippen LogP contribution in [0.25, 0.3) is 5.57 Å². The maximum Gasteiger partial charge on any atom is 0.120 e. The van der Waals surface area contributed by atoms with Gasteiger partial charge in [-0.05, 0) is 57.9 Å². The Labute approximate surface area is 92.8 Å². The Hall–Kier alpha value is -1.24. The SMILES string of the molecule is CC=C(C)c1ccc(OC(C)(C)C)cc1. The van der Waals surface area contributed by atoms with Gasteiger partial charge in [0, 0.05) is 0 Å². The molecule has 0 amide bonds. The third-order valence-corrected chi connectivity index (χ3v) is 2.17. The van der Waals surface area contributed by atoms with Gasteiger partial charge in [-0.3, -0.25) is 0 Å². The lowest BCUT2D eigenvalue weighted by molar-refractivity contribution is 0.131. The van der Waals surface area contributed by atoms with E-state index in [-0.39, 0.29) is 5.60 Å². The predicted molar refractivity (Wildman–Crippen MR) is 66.1 cm³/mol. The largest absolute Gasteiger partial charge is 0.488 e. The van der Waals surface area contributed by atoms with Crippen LogP contribution in [0.2, 0.25) is 0 Å². The summed E-state index contributed by atoms with van der Waals surface area (Å²) in [5.74, 6) is 0.926. The summed E-state index contributed by atoms with van der Waals surface area (Å²) in [5, 5.41) is 0. The van der Waals surface area contributed by atoms with Crippen molar-refractivity contribution in [3.63, 3.8) is 0 Å². The van der Waals surface area contributed by atoms with E-state index in [4.69, 9.17) is 4.74 Å². The summed E-state index contributed by atoms with van der Waals surface area (Å²) >= 11 is 0. The summed E-state index contributed by atoms with van der Waals surface area (Å²) in [6.07, 6.45) is 2.11. The molecular formula is C14H20O. The Kier molecular flexibility index (Phi) is 3.57. The van der Waals surface area contributed by atoms with E-state index in [1.807, 2.05) is 12.1 Å². The summed E-state index contributed by atoms with van der Waals surface area (Å²) in [5.41, 5.74) is 2.41. The molecule has 0 atom stereocenters. The Morgan fingerprint density at radius 1 is 1.13 bits per heavy atom. The van der Waals surface area contributed by atoms with E-state index in [2.05, 4.69) is 52.8 Å². The predicted octanol–water partition coefficient (Wildman–Crippen LogP) is 4.29. The van der Waals surface area contributed by atoms with Gasteiger partial charge in [0.1, 0.15) is 11.4 Å². The van der Waals surface area contributed by atoms with Crippen molar-refractivity contribution in [2.75, 3.05) is 0 Å². The fraction of sp³-hybridized carbons (Fsp3) is 0.429. The molecule has 0 N–H and O–H groups in total. The van der Waals surface area contributed by atoms with Gasteiger partial charge >= 0.3 is 0 Å². The summed E-state index contributed by atoms with van der Waals surface area (Å²) in [6, 6.07) is 8.23. The quantitative estimate of drug-likeness (QED) is 0.698. The first-order chi connectivity index (χ1) is 6.92. The van der Waals surface area contributed by atoms with Crippen LogP contribution in [0.3, 0.4) is 0 Å². The van der Waals surface area contributed by atoms with Crippen LogP contribution in [0.15, 0.2) is 30.3 Å². The first kappa shape index (κ1) is 11.8. The highest BCUT2D eigenvalue weighted by atomic mass is 16.5. The monoisotopic (exact) mass is 204 g/mol. The summed E-state index contributed by atoms with van der Waals surface area (Å²) in [7, 11) is 0. The van der Waals surface area contributed by atoms with Crippen molar-refractivity contribution >= 4 is 5.57 Å². The van der Waals surface area contributed by atoms with Crippen LogP contribution in [0.4, 0.5) is 0 Å². The second kappa shape index (κ2) is 4.52. The second-order valence-corrected chi connectivity index (χ2v) is 4.71. The third-order valence-electron chi connectivity index (χ3n) is 2.17. The van der Waals surface area contributed by atoms with Gasteiger partial charge in [0.25, 0.3) is 0 Å². The summed E-state index contributed by atoms with van der Waals surface area (Å²) in [6.45, 7) is 10.3. The van der Waals surface area contributed by atoms with E-state index < -0.39 is 0 Å². The Bertz CT molecular complexity index is 339. The van der Waals surface area contributed by atoms with Crippen LogP contribution in [0.1, 0.15) is 40.2 Å². The van der Waals surface area contributed by atoms with Crippen LogP contribution >= 0.6 is 0 Å². The van der Waals surface area contributed by atoms with Crippen molar-refractivity contribution in [2.24, 2.45) is 0 Å². The molecule has 15 heavy (non-hydrogen) atoms. The number of rotatable bonds is 2. The molecule has 82 valence electrons. The lowest BCUT2D eigenvalue weighted by Crippen LogP contribution is -2.22. The zero-order valence-electron chi connectivity index (χ0n) is 10.3. The van der Waals surface area contributed by atoms with Gasteiger partial charge in [-0.1, -0.05) is 18.2 Å². The Balaban J connectivity index is 2.82. The summed E-state index contributed by atoms with van der Waals surface area (Å²) < 4.78 is 5.75. The van der Waals surface area contributed by atoms with Gasteiger partial charge in [0.2, 0.25) is 0 Å². The van der Waals surface area contributed by atoms with E-state index in [1.165, 1.54) is 11.1 Å². The van der Waals surface area contributed by atoms with E-state index in [9.17, 15) is 0 Å². The minimum Gasteiger partial charge on any atom is -0.488 e. The molecule has 0 saturated heterocycles. The minimum absolute atomic E-state index is 0.128. The molecular weight excluding hydrogens is 184 g/mol. The first-order valence-electron chi connectivity index (χ1n) is 5.35. The highest BCUT2D eigenvalue weighted by Gasteiger charge is 2.11. The van der Waals surface area contributed by atoms with E-state index in [0.29, 0.717) is 0 Å². The fourth-order valence-corrected chi connectivity index (χ4v) is 1.31. The molecule has 0 aliphatic rings. The molecule has 1 rings (SSSR count). The number of ether oxygens (including phenoxy) is 1. The Morgan fingerprint density at radius 2 is 1.67 bits per heavy atom. The first-order valence-corrected chi connectivity index (χ1v) is 5.35. The topological polar surface area (TPSA) is 9.23 Å². The van der Waals surface area contributed by atoms with Gasteiger partial charge in [0.15, 0.2) is 0 Å². The van der Waals surface area contributed by atoms with E-state index in [0.717, 1.165) is 5.75 Å². The number of hydrogen-bond acceptors (Lipinski definition) is 1. The highest BCUT2D eigenvalue weighted by Crippen LogP contribution is 2.21. The molecule has 1 aromatic carbocycles. The lowest BCUT2D eigenvalue weighted by atomic mass is 10.1. The molecule has 0 fully saturated rings. The average Bonchev–Trinajstić information content (AvgIpc) is 2.15. The standard InChI is InChI=1S/C14H20O/c1-6-11(2)12-7-9-13(10-8-12)15-14(3,4)5/h6-10H,1-5H3. The molecule has 0 heterocycles. The smallest absolute Gasteiger partial charge is 0.120 e. The van der Waals surface area contributed by atoms with E-state index in [1.54, 1.807) is 0 Å². The Morgan fingerprint density at radius 3 is 2.07 bits per heavy atom. The molecule has 1 heteroatoms. The number of hydrogen-bond donors (Lipinski definition) is 0. The molecule has 0 aromatic heterocycles. The van der Waals surface area contributed by atoms with Crippen LogP contribution in [0.5, 0.6) is 5.75 Å². The molecule has 0 aliphatic heterocycles. The highest BCUT2D eigenvalue weighted by molar-refractivity contribution is 5.63. The molecule has 0 saturated carbocycles. The molecule has 0 aliphatic carbocycles. The zero-order valence-corrected chi connectivity index (χ0v) is 10.3. The second-order valence-electron chi connectivity index (χ2n) is 4.71. The molecule has 1 nitrogen and oxygen atoms in total. The van der Waals surface area contributed by atoms with Gasteiger partial charge in [-0.15, -0.1) is 0 Å². The van der Waals surface area contributed by atoms with Gasteiger partial charge in [-0.25, -0.2) is 0 Å². The number of benzene rings is 1. The van der Waals surface area contributed by atoms with Crippen molar-refractivity contribution < 1.29 is 4.74 Å². The summed E-state index contributed by atoms with van der Waals surface area (Å²) in [4.78, 5) is 0. The van der Waals surface area contributed by atoms with Crippen molar-refractivity contribution in [1.29, 1.82) is 0 Å². The maximum absolute atomic E-state index is 5.75. The van der Waals surface area contributed by atoms with Crippen LogP contribution in [-0.4, -0.2) is 5.60 Å². The normalized spacial score (nSPS) is 12.7. The zero-order chi connectivity index (χ0) is 11.5. The van der Waals surface area contributed by atoms with Gasteiger partial charge in [0.05, 0.1) is 0 Å². The van der Waals surface area contributed by atoms with Crippen molar-refractivity contribution in [1.82, 2.24) is 0 Å². The van der Waals surface area contributed by atoms with Crippen molar-refractivity contribution in [2.45, 2.75) is 40.2 Å². The van der Waals surface area contributed by atoms with E-state index >= 15 is 0 Å². The maximum atomic E-state index is 5.75. The molecule has 0 unspecified atom stereocenters. The van der Waals surface area contributed by atoms with Crippen LogP contribution in [0, 0.1) is 0 Å². The lowest BCUT2D eigenvalue weighted by Gasteiger charge is -2.21. The van der Waals surface area contributed by atoms with Crippen LogP contribution < -0.4 is 4.74 Å². The van der Waals surface area contributed by atoms with Crippen molar-refractivity contribution in [3.05, 3.63) is 35.9 Å². The average molecular weight is 204 g/mol. The molecule has 0 radical (unpaired) electrons. The van der Waals surface area contributed by atoms with Crippen LogP contribution in [-0.2, 0) is 0 Å². The third kappa shape index (κ3) is 3.78. The minimum atomic E-state index is -0.128.